The zero-order chi connectivity index (χ0) is 14.6. The van der Waals surface area contributed by atoms with Crippen LogP contribution in [0.25, 0.3) is 0 Å². The first-order chi connectivity index (χ1) is 9.42. The van der Waals surface area contributed by atoms with Crippen LogP contribution in [0.4, 0.5) is 0 Å². The van der Waals surface area contributed by atoms with Crippen molar-refractivity contribution in [1.29, 1.82) is 0 Å². The number of nitrogens with one attached hydrogen (secondary N) is 1. The molecule has 0 radical (unpaired) electrons. The van der Waals surface area contributed by atoms with Crippen LogP contribution in [-0.4, -0.2) is 15.7 Å². The summed E-state index contributed by atoms with van der Waals surface area (Å²) in [6, 6.07) is 3.57. The minimum Gasteiger partial charge on any atom is -0.484 e. The van der Waals surface area contributed by atoms with Gasteiger partial charge in [0.1, 0.15) is 12.4 Å². The van der Waals surface area contributed by atoms with Gasteiger partial charge in [-0.15, -0.1) is 0 Å². The summed E-state index contributed by atoms with van der Waals surface area (Å²) in [5.41, 5.74) is 0.893. The van der Waals surface area contributed by atoms with Crippen LogP contribution in [0.2, 0.25) is 5.02 Å². The highest BCUT2D eigenvalue weighted by Gasteiger charge is 2.11. The van der Waals surface area contributed by atoms with Crippen LogP contribution in [0.3, 0.4) is 0 Å². The molecule has 2 aromatic heterocycles. The van der Waals surface area contributed by atoms with E-state index in [1.807, 2.05) is 6.07 Å². The first-order valence-electron chi connectivity index (χ1n) is 6.35. The smallest absolute Gasteiger partial charge is 0.174 e. The molecule has 0 aliphatic carbocycles. The zero-order valence-electron chi connectivity index (χ0n) is 11.8. The minimum atomic E-state index is 0.0437. The predicted octanol–water partition coefficient (Wildman–Crippen LogP) is 3.19. The largest absolute Gasteiger partial charge is 0.484 e. The fraction of sp³-hybridized carbons (Fsp3) is 0.429. The van der Waals surface area contributed by atoms with Gasteiger partial charge in [-0.2, -0.15) is 0 Å². The molecule has 0 aliphatic rings. The molecule has 0 saturated carbocycles. The maximum atomic E-state index is 5.83. The Balaban J connectivity index is 1.87. The summed E-state index contributed by atoms with van der Waals surface area (Å²) in [5.74, 6) is 1.26. The first-order valence-corrected chi connectivity index (χ1v) is 6.73. The lowest BCUT2D eigenvalue weighted by Gasteiger charge is -2.19. The molecule has 1 N–H and O–H groups in total. The fourth-order valence-corrected chi connectivity index (χ4v) is 1.65. The summed E-state index contributed by atoms with van der Waals surface area (Å²) in [6.45, 7) is 7.26. The lowest BCUT2D eigenvalue weighted by atomic mass is 10.1. The highest BCUT2D eigenvalue weighted by Crippen LogP contribution is 2.17. The standard InChI is InChI=1S/C14H18ClN3O2/c1-14(2,3)17-7-11-5-13(20-18-11)9-19-12-4-10(15)6-16-8-12/h4-6,8,17H,7,9H2,1-3H3. The number of ether oxygens (including phenoxy) is 1. The fourth-order valence-electron chi connectivity index (χ4n) is 1.49. The molecular weight excluding hydrogens is 278 g/mol. The van der Waals surface area contributed by atoms with Gasteiger partial charge in [0.2, 0.25) is 0 Å². The third-order valence-electron chi connectivity index (χ3n) is 2.47. The lowest BCUT2D eigenvalue weighted by molar-refractivity contribution is 0.247. The molecule has 0 saturated heterocycles. The number of aromatic nitrogens is 2. The van der Waals surface area contributed by atoms with Crippen LogP contribution in [0.1, 0.15) is 32.2 Å². The normalized spacial score (nSPS) is 11.6. The topological polar surface area (TPSA) is 60.2 Å². The average Bonchev–Trinajstić information content (AvgIpc) is 2.81. The summed E-state index contributed by atoms with van der Waals surface area (Å²) >= 11 is 5.83. The van der Waals surface area contributed by atoms with Gasteiger partial charge < -0.3 is 14.6 Å². The van der Waals surface area contributed by atoms with Gasteiger partial charge in [0.15, 0.2) is 5.76 Å². The minimum absolute atomic E-state index is 0.0437. The third kappa shape index (κ3) is 4.83. The molecule has 2 rings (SSSR count). The van der Waals surface area contributed by atoms with E-state index in [2.05, 4.69) is 36.2 Å². The van der Waals surface area contributed by atoms with Gasteiger partial charge >= 0.3 is 0 Å². The van der Waals surface area contributed by atoms with Crippen molar-refractivity contribution in [3.63, 3.8) is 0 Å². The van der Waals surface area contributed by atoms with Crippen LogP contribution < -0.4 is 10.1 Å². The van der Waals surface area contributed by atoms with E-state index in [0.717, 1.165) is 5.69 Å². The Bertz CT molecular complexity index is 564. The van der Waals surface area contributed by atoms with Gasteiger partial charge in [0.05, 0.1) is 16.9 Å². The van der Waals surface area contributed by atoms with E-state index < -0.39 is 0 Å². The number of halogens is 1. The van der Waals surface area contributed by atoms with E-state index in [1.54, 1.807) is 18.5 Å². The highest BCUT2D eigenvalue weighted by atomic mass is 35.5. The summed E-state index contributed by atoms with van der Waals surface area (Å²) in [6.07, 6.45) is 3.16. The van der Waals surface area contributed by atoms with Gasteiger partial charge in [-0.1, -0.05) is 16.8 Å². The molecular formula is C14H18ClN3O2. The molecule has 0 fully saturated rings. The summed E-state index contributed by atoms with van der Waals surface area (Å²) in [4.78, 5) is 3.94. The number of rotatable bonds is 5. The molecule has 0 aliphatic heterocycles. The van der Waals surface area contributed by atoms with Crippen LogP contribution in [-0.2, 0) is 13.2 Å². The molecule has 2 aromatic rings. The maximum Gasteiger partial charge on any atom is 0.174 e. The summed E-state index contributed by atoms with van der Waals surface area (Å²) < 4.78 is 10.7. The molecule has 0 amide bonds. The van der Waals surface area contributed by atoms with Crippen molar-refractivity contribution < 1.29 is 9.26 Å². The quantitative estimate of drug-likeness (QED) is 0.918. The van der Waals surface area contributed by atoms with Crippen molar-refractivity contribution in [3.05, 3.63) is 41.0 Å². The number of nitrogens with zero attached hydrogens (tertiary/aromatic N) is 2. The molecule has 2 heterocycles. The maximum absolute atomic E-state index is 5.83. The third-order valence-corrected chi connectivity index (χ3v) is 2.68. The van der Waals surface area contributed by atoms with Crippen molar-refractivity contribution in [1.82, 2.24) is 15.5 Å². The van der Waals surface area contributed by atoms with E-state index in [-0.39, 0.29) is 5.54 Å². The Kier molecular flexibility index (Phi) is 4.62. The van der Waals surface area contributed by atoms with Gasteiger partial charge in [-0.05, 0) is 20.8 Å². The lowest BCUT2D eigenvalue weighted by Crippen LogP contribution is -2.35. The predicted molar refractivity (Wildman–Crippen MR) is 76.7 cm³/mol. The Morgan fingerprint density at radius 3 is 2.80 bits per heavy atom. The highest BCUT2D eigenvalue weighted by molar-refractivity contribution is 6.30. The van der Waals surface area contributed by atoms with Crippen LogP contribution >= 0.6 is 11.6 Å². The zero-order valence-corrected chi connectivity index (χ0v) is 12.6. The Morgan fingerprint density at radius 2 is 2.10 bits per heavy atom. The van der Waals surface area contributed by atoms with Gasteiger partial charge in [-0.25, -0.2) is 0 Å². The van der Waals surface area contributed by atoms with Gasteiger partial charge in [0.25, 0.3) is 0 Å². The molecule has 20 heavy (non-hydrogen) atoms. The van der Waals surface area contributed by atoms with Crippen molar-refractivity contribution in [2.45, 2.75) is 39.5 Å². The molecule has 0 aromatic carbocycles. The van der Waals surface area contributed by atoms with E-state index >= 15 is 0 Å². The Labute approximate surface area is 123 Å². The van der Waals surface area contributed by atoms with Crippen molar-refractivity contribution in [2.75, 3.05) is 0 Å². The molecule has 108 valence electrons. The van der Waals surface area contributed by atoms with Crippen molar-refractivity contribution in [2.24, 2.45) is 0 Å². The molecule has 0 bridgehead atoms. The summed E-state index contributed by atoms with van der Waals surface area (Å²) in [5, 5.41) is 7.87. The molecule has 5 nitrogen and oxygen atoms in total. The van der Waals surface area contributed by atoms with E-state index in [9.17, 15) is 0 Å². The Hall–Kier alpha value is -1.59. The molecule has 6 heteroatoms. The van der Waals surface area contributed by atoms with Crippen LogP contribution in [0, 0.1) is 0 Å². The average molecular weight is 296 g/mol. The number of hydrogen-bond acceptors (Lipinski definition) is 5. The number of hydrogen-bond donors (Lipinski definition) is 1. The Morgan fingerprint density at radius 1 is 1.30 bits per heavy atom. The second-order valence-electron chi connectivity index (χ2n) is 5.52. The second-order valence-corrected chi connectivity index (χ2v) is 5.95. The van der Waals surface area contributed by atoms with Gasteiger partial charge in [0, 0.05) is 30.4 Å². The van der Waals surface area contributed by atoms with E-state index in [4.69, 9.17) is 20.9 Å². The summed E-state index contributed by atoms with van der Waals surface area (Å²) in [7, 11) is 0. The first kappa shape index (κ1) is 14.8. The van der Waals surface area contributed by atoms with E-state index in [0.29, 0.717) is 29.7 Å². The van der Waals surface area contributed by atoms with Crippen molar-refractivity contribution >= 4 is 11.6 Å². The molecule has 0 unspecified atom stereocenters. The molecule has 0 atom stereocenters. The SMILES string of the molecule is CC(C)(C)NCc1cc(COc2cncc(Cl)c2)on1. The molecule has 0 spiro atoms. The van der Waals surface area contributed by atoms with E-state index in [1.165, 1.54) is 0 Å². The van der Waals surface area contributed by atoms with Crippen molar-refractivity contribution in [3.8, 4) is 5.75 Å². The number of pyridine rings is 1. The van der Waals surface area contributed by atoms with Gasteiger partial charge in [-0.3, -0.25) is 4.98 Å². The second kappa shape index (κ2) is 6.24. The van der Waals surface area contributed by atoms with Crippen LogP contribution in [0.5, 0.6) is 5.75 Å². The monoisotopic (exact) mass is 295 g/mol. The van der Waals surface area contributed by atoms with Crippen LogP contribution in [0.15, 0.2) is 29.0 Å².